The minimum Gasteiger partial charge on any atom is -0.403 e. The van der Waals surface area contributed by atoms with Crippen molar-refractivity contribution in [2.24, 2.45) is 0 Å². The van der Waals surface area contributed by atoms with Gasteiger partial charge in [0, 0.05) is 29.3 Å². The van der Waals surface area contributed by atoms with E-state index in [1.807, 2.05) is 37.3 Å². The second-order valence-electron chi connectivity index (χ2n) is 4.35. The lowest BCUT2D eigenvalue weighted by molar-refractivity contribution is 0.587. The van der Waals surface area contributed by atoms with Gasteiger partial charge in [-0.05, 0) is 36.8 Å². The van der Waals surface area contributed by atoms with Gasteiger partial charge in [0.1, 0.15) is 0 Å². The number of rotatable bonds is 3. The van der Waals surface area contributed by atoms with E-state index in [0.717, 1.165) is 16.8 Å². The molecule has 0 amide bonds. The highest BCUT2D eigenvalue weighted by molar-refractivity contribution is 5.63. The van der Waals surface area contributed by atoms with Crippen molar-refractivity contribution in [2.75, 3.05) is 11.1 Å². The van der Waals surface area contributed by atoms with Crippen LogP contribution in [-0.2, 0) is 0 Å². The quantitative estimate of drug-likeness (QED) is 0.709. The Labute approximate surface area is 115 Å². The maximum absolute atomic E-state index is 5.76. The van der Waals surface area contributed by atoms with Crippen molar-refractivity contribution in [2.45, 2.75) is 6.92 Å². The lowest BCUT2D eigenvalue weighted by atomic mass is 10.2. The number of aryl methyl sites for hydroxylation is 1. The molecule has 2 aromatic heterocycles. The van der Waals surface area contributed by atoms with Crippen LogP contribution in [0.2, 0.25) is 0 Å². The first-order valence-electron chi connectivity index (χ1n) is 6.09. The van der Waals surface area contributed by atoms with E-state index in [-0.39, 0.29) is 0 Å². The third kappa shape index (κ3) is 2.44. The van der Waals surface area contributed by atoms with Crippen LogP contribution in [0.3, 0.4) is 0 Å². The number of anilines is 3. The monoisotopic (exact) mass is 267 g/mol. The Balaban J connectivity index is 1.86. The van der Waals surface area contributed by atoms with E-state index in [2.05, 4.69) is 20.5 Å². The van der Waals surface area contributed by atoms with Crippen LogP contribution < -0.4 is 11.1 Å². The Morgan fingerprint density at radius 1 is 1.10 bits per heavy atom. The van der Waals surface area contributed by atoms with Gasteiger partial charge >= 0.3 is 6.01 Å². The SMILES string of the molecule is Cc1ccc(N)cc1Nc1nnc(-c2ccncc2)o1. The van der Waals surface area contributed by atoms with Crippen molar-refractivity contribution in [3.63, 3.8) is 0 Å². The Bertz CT molecular complexity index is 723. The molecule has 0 bridgehead atoms. The van der Waals surface area contributed by atoms with Gasteiger partial charge in [-0.2, -0.15) is 0 Å². The molecule has 0 aliphatic rings. The molecular weight excluding hydrogens is 254 g/mol. The summed E-state index contributed by atoms with van der Waals surface area (Å²) in [4.78, 5) is 3.95. The number of nitrogens with zero attached hydrogens (tertiary/aromatic N) is 3. The van der Waals surface area contributed by atoms with Crippen molar-refractivity contribution in [3.8, 4) is 11.5 Å². The summed E-state index contributed by atoms with van der Waals surface area (Å²) in [7, 11) is 0. The van der Waals surface area contributed by atoms with Gasteiger partial charge in [0.15, 0.2) is 0 Å². The third-order valence-corrected chi connectivity index (χ3v) is 2.86. The number of hydrogen-bond donors (Lipinski definition) is 2. The van der Waals surface area contributed by atoms with Gasteiger partial charge in [-0.1, -0.05) is 11.2 Å². The molecule has 0 atom stereocenters. The van der Waals surface area contributed by atoms with Crippen molar-refractivity contribution in [1.82, 2.24) is 15.2 Å². The van der Waals surface area contributed by atoms with E-state index in [9.17, 15) is 0 Å². The minimum absolute atomic E-state index is 0.325. The van der Waals surface area contributed by atoms with E-state index in [4.69, 9.17) is 10.2 Å². The van der Waals surface area contributed by atoms with E-state index in [1.54, 1.807) is 12.4 Å². The Morgan fingerprint density at radius 2 is 1.90 bits per heavy atom. The first-order chi connectivity index (χ1) is 9.72. The molecule has 1 aromatic carbocycles. The number of hydrogen-bond acceptors (Lipinski definition) is 6. The zero-order valence-electron chi connectivity index (χ0n) is 10.9. The summed E-state index contributed by atoms with van der Waals surface area (Å²) in [6, 6.07) is 9.54. The van der Waals surface area contributed by atoms with Crippen molar-refractivity contribution >= 4 is 17.4 Å². The van der Waals surface area contributed by atoms with Gasteiger partial charge in [0.05, 0.1) is 0 Å². The maximum Gasteiger partial charge on any atom is 0.320 e. The van der Waals surface area contributed by atoms with Gasteiger partial charge < -0.3 is 15.5 Å². The fraction of sp³-hybridized carbons (Fsp3) is 0.0714. The molecule has 0 unspecified atom stereocenters. The summed E-state index contributed by atoms with van der Waals surface area (Å²) in [5.74, 6) is 0.441. The van der Waals surface area contributed by atoms with Crippen LogP contribution in [0.25, 0.3) is 11.5 Å². The molecule has 0 fully saturated rings. The number of nitrogens with one attached hydrogen (secondary N) is 1. The number of benzene rings is 1. The smallest absolute Gasteiger partial charge is 0.320 e. The standard InChI is InChI=1S/C14H13N5O/c1-9-2-3-11(15)8-12(9)17-14-19-18-13(20-14)10-4-6-16-7-5-10/h2-8H,15H2,1H3,(H,17,19). The Kier molecular flexibility index (Phi) is 3.04. The second kappa shape index (κ2) is 5.00. The topological polar surface area (TPSA) is 89.9 Å². The van der Waals surface area contributed by atoms with Crippen LogP contribution in [0.15, 0.2) is 47.1 Å². The fourth-order valence-electron chi connectivity index (χ4n) is 1.77. The van der Waals surface area contributed by atoms with Gasteiger partial charge in [-0.3, -0.25) is 4.98 Å². The molecule has 0 aliphatic carbocycles. The Hall–Kier alpha value is -2.89. The van der Waals surface area contributed by atoms with Gasteiger partial charge in [-0.15, -0.1) is 5.10 Å². The maximum atomic E-state index is 5.76. The molecular formula is C14H13N5O. The van der Waals surface area contributed by atoms with Crippen LogP contribution >= 0.6 is 0 Å². The average Bonchev–Trinajstić information content (AvgIpc) is 2.92. The molecule has 0 aliphatic heterocycles. The molecule has 3 aromatic rings. The van der Waals surface area contributed by atoms with Crippen molar-refractivity contribution < 1.29 is 4.42 Å². The normalized spacial score (nSPS) is 10.4. The van der Waals surface area contributed by atoms with Crippen molar-refractivity contribution in [3.05, 3.63) is 48.3 Å². The molecule has 20 heavy (non-hydrogen) atoms. The number of nitrogen functional groups attached to an aromatic ring is 1. The molecule has 0 saturated heterocycles. The van der Waals surface area contributed by atoms with Crippen molar-refractivity contribution in [1.29, 1.82) is 0 Å². The fourth-order valence-corrected chi connectivity index (χ4v) is 1.77. The molecule has 3 rings (SSSR count). The first-order valence-corrected chi connectivity index (χ1v) is 6.09. The molecule has 6 heteroatoms. The predicted molar refractivity (Wildman–Crippen MR) is 76.4 cm³/mol. The molecule has 0 saturated carbocycles. The summed E-state index contributed by atoms with van der Waals surface area (Å²) in [5, 5.41) is 11.0. The summed E-state index contributed by atoms with van der Waals surface area (Å²) in [6.45, 7) is 1.97. The number of nitrogens with two attached hydrogens (primary N) is 1. The highest BCUT2D eigenvalue weighted by atomic mass is 16.4. The minimum atomic E-state index is 0.325. The van der Waals surface area contributed by atoms with Crippen LogP contribution in [0, 0.1) is 6.92 Å². The molecule has 2 heterocycles. The average molecular weight is 267 g/mol. The van der Waals surface area contributed by atoms with Crippen LogP contribution in [0.4, 0.5) is 17.4 Å². The van der Waals surface area contributed by atoms with Gasteiger partial charge in [-0.25, -0.2) is 0 Å². The van der Waals surface area contributed by atoms with Crippen LogP contribution in [0.5, 0.6) is 0 Å². The molecule has 0 spiro atoms. The molecule has 6 nitrogen and oxygen atoms in total. The zero-order chi connectivity index (χ0) is 13.9. The highest BCUT2D eigenvalue weighted by Crippen LogP contribution is 2.24. The molecule has 100 valence electrons. The van der Waals surface area contributed by atoms with E-state index in [0.29, 0.717) is 17.6 Å². The lowest BCUT2D eigenvalue weighted by Gasteiger charge is -2.06. The lowest BCUT2D eigenvalue weighted by Crippen LogP contribution is -1.95. The first kappa shape index (κ1) is 12.2. The summed E-state index contributed by atoms with van der Waals surface area (Å²) < 4.78 is 5.57. The van der Waals surface area contributed by atoms with Crippen LogP contribution in [0.1, 0.15) is 5.56 Å². The summed E-state index contributed by atoms with van der Waals surface area (Å²) in [6.07, 6.45) is 3.35. The number of aromatic nitrogens is 3. The third-order valence-electron chi connectivity index (χ3n) is 2.86. The summed E-state index contributed by atoms with van der Waals surface area (Å²) >= 11 is 0. The molecule has 0 radical (unpaired) electrons. The Morgan fingerprint density at radius 3 is 2.70 bits per heavy atom. The van der Waals surface area contributed by atoms with E-state index >= 15 is 0 Å². The number of pyridine rings is 1. The second-order valence-corrected chi connectivity index (χ2v) is 4.35. The van der Waals surface area contributed by atoms with E-state index < -0.39 is 0 Å². The largest absolute Gasteiger partial charge is 0.403 e. The molecule has 3 N–H and O–H groups in total. The van der Waals surface area contributed by atoms with Gasteiger partial charge in [0.25, 0.3) is 0 Å². The highest BCUT2D eigenvalue weighted by Gasteiger charge is 2.09. The predicted octanol–water partition coefficient (Wildman–Crippen LogP) is 2.77. The zero-order valence-corrected chi connectivity index (χ0v) is 10.9. The van der Waals surface area contributed by atoms with E-state index in [1.165, 1.54) is 0 Å². The van der Waals surface area contributed by atoms with Gasteiger partial charge in [0.2, 0.25) is 5.89 Å². The summed E-state index contributed by atoms with van der Waals surface area (Å²) in [5.41, 5.74) is 9.15. The van der Waals surface area contributed by atoms with Crippen LogP contribution in [-0.4, -0.2) is 15.2 Å².